The van der Waals surface area contributed by atoms with Gasteiger partial charge in [-0.1, -0.05) is 24.3 Å². The SMILES string of the molecule is Cc1cc(N2CCc3ccccc3C2C)nc(Nc2ccc(F)cc2C)n1. The number of rotatable bonds is 3. The second-order valence-electron chi connectivity index (χ2n) is 7.09. The fourth-order valence-corrected chi connectivity index (χ4v) is 3.73. The quantitative estimate of drug-likeness (QED) is 0.704. The number of nitrogens with zero attached hydrogens (tertiary/aromatic N) is 3. The zero-order valence-electron chi connectivity index (χ0n) is 15.8. The number of aromatic nitrogens is 2. The molecule has 1 aromatic heterocycles. The van der Waals surface area contributed by atoms with E-state index < -0.39 is 0 Å². The van der Waals surface area contributed by atoms with Crippen LogP contribution in [0.1, 0.15) is 35.3 Å². The lowest BCUT2D eigenvalue weighted by atomic mass is 9.93. The molecular formula is C22H23FN4. The highest BCUT2D eigenvalue weighted by Gasteiger charge is 2.25. The van der Waals surface area contributed by atoms with E-state index in [1.165, 1.54) is 23.3 Å². The molecule has 27 heavy (non-hydrogen) atoms. The summed E-state index contributed by atoms with van der Waals surface area (Å²) in [5.74, 6) is 1.20. The Morgan fingerprint density at radius 2 is 1.89 bits per heavy atom. The number of fused-ring (bicyclic) bond motifs is 1. The Balaban J connectivity index is 1.65. The maximum absolute atomic E-state index is 13.4. The fraction of sp³-hybridized carbons (Fsp3) is 0.273. The first-order valence-electron chi connectivity index (χ1n) is 9.24. The molecule has 1 aliphatic heterocycles. The Labute approximate surface area is 159 Å². The molecule has 0 radical (unpaired) electrons. The Hall–Kier alpha value is -2.95. The van der Waals surface area contributed by atoms with Crippen molar-refractivity contribution in [3.8, 4) is 0 Å². The zero-order valence-corrected chi connectivity index (χ0v) is 15.8. The Kier molecular flexibility index (Phi) is 4.52. The number of nitrogens with one attached hydrogen (secondary N) is 1. The van der Waals surface area contributed by atoms with Crippen LogP contribution < -0.4 is 10.2 Å². The van der Waals surface area contributed by atoms with E-state index in [9.17, 15) is 4.39 Å². The zero-order chi connectivity index (χ0) is 19.0. The molecule has 0 spiro atoms. The van der Waals surface area contributed by atoms with Gasteiger partial charge in [0.05, 0.1) is 6.04 Å². The lowest BCUT2D eigenvalue weighted by Gasteiger charge is -2.36. The van der Waals surface area contributed by atoms with Gasteiger partial charge in [0.15, 0.2) is 0 Å². The van der Waals surface area contributed by atoms with Gasteiger partial charge in [0, 0.05) is 24.0 Å². The second kappa shape index (κ2) is 6.99. The summed E-state index contributed by atoms with van der Waals surface area (Å²) >= 11 is 0. The highest BCUT2D eigenvalue weighted by atomic mass is 19.1. The molecule has 0 fully saturated rings. The monoisotopic (exact) mass is 362 g/mol. The molecule has 1 unspecified atom stereocenters. The highest BCUT2D eigenvalue weighted by molar-refractivity contribution is 5.60. The second-order valence-corrected chi connectivity index (χ2v) is 7.09. The van der Waals surface area contributed by atoms with Crippen LogP contribution in [0, 0.1) is 19.7 Å². The minimum Gasteiger partial charge on any atom is -0.349 e. The van der Waals surface area contributed by atoms with Gasteiger partial charge in [-0.3, -0.25) is 0 Å². The number of benzene rings is 2. The van der Waals surface area contributed by atoms with Gasteiger partial charge in [0.1, 0.15) is 11.6 Å². The third-order valence-corrected chi connectivity index (χ3v) is 5.16. The predicted octanol–water partition coefficient (Wildman–Crippen LogP) is 5.10. The summed E-state index contributed by atoms with van der Waals surface area (Å²) < 4.78 is 13.4. The lowest BCUT2D eigenvalue weighted by molar-refractivity contribution is 0.616. The van der Waals surface area contributed by atoms with Crippen molar-refractivity contribution in [3.63, 3.8) is 0 Å². The van der Waals surface area contributed by atoms with Gasteiger partial charge >= 0.3 is 0 Å². The molecule has 1 aliphatic rings. The van der Waals surface area contributed by atoms with Crippen molar-refractivity contribution in [2.45, 2.75) is 33.2 Å². The smallest absolute Gasteiger partial charge is 0.229 e. The van der Waals surface area contributed by atoms with E-state index in [1.54, 1.807) is 6.07 Å². The Bertz CT molecular complexity index is 986. The van der Waals surface area contributed by atoms with E-state index in [2.05, 4.69) is 46.4 Å². The average molecular weight is 362 g/mol. The van der Waals surface area contributed by atoms with E-state index in [4.69, 9.17) is 4.98 Å². The molecule has 1 N–H and O–H groups in total. The van der Waals surface area contributed by atoms with Gasteiger partial charge in [0.2, 0.25) is 5.95 Å². The minimum absolute atomic E-state index is 0.246. The number of hydrogen-bond acceptors (Lipinski definition) is 4. The van der Waals surface area contributed by atoms with Crippen molar-refractivity contribution >= 4 is 17.5 Å². The normalized spacial score (nSPS) is 16.1. The molecule has 138 valence electrons. The molecule has 2 heterocycles. The molecular weight excluding hydrogens is 339 g/mol. The van der Waals surface area contributed by atoms with Crippen molar-refractivity contribution in [1.29, 1.82) is 0 Å². The summed E-state index contributed by atoms with van der Waals surface area (Å²) in [6.07, 6.45) is 1.00. The van der Waals surface area contributed by atoms with Gasteiger partial charge in [-0.15, -0.1) is 0 Å². The first-order chi connectivity index (χ1) is 13.0. The summed E-state index contributed by atoms with van der Waals surface area (Å²) in [5, 5.41) is 3.24. The largest absolute Gasteiger partial charge is 0.349 e. The molecule has 0 aliphatic carbocycles. The van der Waals surface area contributed by atoms with E-state index >= 15 is 0 Å². The molecule has 2 aromatic carbocycles. The van der Waals surface area contributed by atoms with Gasteiger partial charge in [-0.2, -0.15) is 4.98 Å². The van der Waals surface area contributed by atoms with Crippen LogP contribution in [0.2, 0.25) is 0 Å². The summed E-state index contributed by atoms with van der Waals surface area (Å²) in [6.45, 7) is 6.97. The van der Waals surface area contributed by atoms with Gasteiger partial charge in [-0.25, -0.2) is 9.37 Å². The summed E-state index contributed by atoms with van der Waals surface area (Å²) in [6, 6.07) is 15.5. The summed E-state index contributed by atoms with van der Waals surface area (Å²) in [5.41, 5.74) is 5.29. The minimum atomic E-state index is -0.246. The van der Waals surface area contributed by atoms with Crippen LogP contribution in [0.3, 0.4) is 0 Å². The highest BCUT2D eigenvalue weighted by Crippen LogP contribution is 2.33. The third kappa shape index (κ3) is 3.50. The average Bonchev–Trinajstić information content (AvgIpc) is 2.64. The van der Waals surface area contributed by atoms with Crippen LogP contribution >= 0.6 is 0 Å². The number of hydrogen-bond donors (Lipinski definition) is 1. The van der Waals surface area contributed by atoms with Crippen molar-refractivity contribution in [2.75, 3.05) is 16.8 Å². The van der Waals surface area contributed by atoms with Gasteiger partial charge in [0.25, 0.3) is 0 Å². The molecule has 3 aromatic rings. The van der Waals surface area contributed by atoms with Gasteiger partial charge in [-0.05, 0) is 62.1 Å². The topological polar surface area (TPSA) is 41.1 Å². The maximum atomic E-state index is 13.4. The van der Waals surface area contributed by atoms with Crippen molar-refractivity contribution in [3.05, 3.63) is 76.7 Å². The summed E-state index contributed by atoms with van der Waals surface area (Å²) in [7, 11) is 0. The molecule has 5 heteroatoms. The lowest BCUT2D eigenvalue weighted by Crippen LogP contribution is -2.34. The molecule has 0 amide bonds. The molecule has 0 saturated carbocycles. The van der Waals surface area contributed by atoms with Crippen molar-refractivity contribution in [2.24, 2.45) is 0 Å². The summed E-state index contributed by atoms with van der Waals surface area (Å²) in [4.78, 5) is 11.6. The number of aryl methyl sites for hydroxylation is 2. The maximum Gasteiger partial charge on any atom is 0.229 e. The molecule has 1 atom stereocenters. The van der Waals surface area contributed by atoms with Crippen LogP contribution in [0.5, 0.6) is 0 Å². The van der Waals surface area contributed by atoms with Crippen molar-refractivity contribution in [1.82, 2.24) is 9.97 Å². The molecule has 0 saturated heterocycles. The molecule has 4 nitrogen and oxygen atoms in total. The first-order valence-corrected chi connectivity index (χ1v) is 9.24. The van der Waals surface area contributed by atoms with Crippen LogP contribution in [-0.2, 0) is 6.42 Å². The van der Waals surface area contributed by atoms with Crippen molar-refractivity contribution < 1.29 is 4.39 Å². The van der Waals surface area contributed by atoms with E-state index in [0.717, 1.165) is 35.7 Å². The van der Waals surface area contributed by atoms with Crippen LogP contribution in [0.25, 0.3) is 0 Å². The van der Waals surface area contributed by atoms with Crippen LogP contribution in [0.15, 0.2) is 48.5 Å². The Morgan fingerprint density at radius 3 is 2.70 bits per heavy atom. The van der Waals surface area contributed by atoms with Gasteiger partial charge < -0.3 is 10.2 Å². The Morgan fingerprint density at radius 1 is 1.07 bits per heavy atom. The van der Waals surface area contributed by atoms with E-state index in [1.807, 2.05) is 19.9 Å². The number of anilines is 3. The molecule has 0 bridgehead atoms. The van der Waals surface area contributed by atoms with Crippen LogP contribution in [0.4, 0.5) is 21.8 Å². The van der Waals surface area contributed by atoms with E-state index in [0.29, 0.717) is 5.95 Å². The number of halogens is 1. The fourth-order valence-electron chi connectivity index (χ4n) is 3.73. The first kappa shape index (κ1) is 17.5. The third-order valence-electron chi connectivity index (χ3n) is 5.16. The standard InChI is InChI=1S/C22H23FN4/c1-14-12-18(23)8-9-20(14)25-22-24-15(2)13-21(26-22)27-11-10-17-6-4-5-7-19(17)16(27)3/h4-9,12-13,16H,10-11H2,1-3H3,(H,24,25,26). The predicted molar refractivity (Wildman–Crippen MR) is 107 cm³/mol. The van der Waals surface area contributed by atoms with E-state index in [-0.39, 0.29) is 11.9 Å². The molecule has 4 rings (SSSR count). The van der Waals surface area contributed by atoms with Crippen LogP contribution in [-0.4, -0.2) is 16.5 Å².